The number of phenolic OH excluding ortho intramolecular Hbond substituents is 1. The van der Waals surface area contributed by atoms with E-state index in [1.807, 2.05) is 38.2 Å². The maximum absolute atomic E-state index is 10.4. The number of aliphatic hydroxyl groups excluding tert-OH is 1. The fourth-order valence-corrected chi connectivity index (χ4v) is 3.74. The summed E-state index contributed by atoms with van der Waals surface area (Å²) in [4.78, 5) is 0. The van der Waals surface area contributed by atoms with E-state index in [1.54, 1.807) is 11.3 Å². The largest absolute Gasteiger partial charge is 0.507 e. The van der Waals surface area contributed by atoms with Crippen molar-refractivity contribution in [3.05, 3.63) is 29.8 Å². The normalized spacial score (nSPS) is 11.3. The Balaban J connectivity index is 2.39. The average Bonchev–Trinajstić information content (AvgIpc) is 2.80. The van der Waals surface area contributed by atoms with Gasteiger partial charge in [0, 0.05) is 16.3 Å². The van der Waals surface area contributed by atoms with E-state index in [9.17, 15) is 5.11 Å². The number of thiazole rings is 1. The summed E-state index contributed by atoms with van der Waals surface area (Å²) in [5.74, 6) is 0.351. The molecule has 0 aliphatic carbocycles. The van der Waals surface area contributed by atoms with Crippen LogP contribution in [0.15, 0.2) is 24.3 Å². The van der Waals surface area contributed by atoms with Gasteiger partial charge in [0.1, 0.15) is 12.3 Å². The van der Waals surface area contributed by atoms with Crippen LogP contribution in [0.25, 0.3) is 21.0 Å². The SMILES string of the molecule is Cc1c(O)c2ccccc2c2c1sc(NCCO)[n+]2C. The first-order valence-electron chi connectivity index (χ1n) is 6.52. The van der Waals surface area contributed by atoms with Crippen molar-refractivity contribution < 1.29 is 14.8 Å². The van der Waals surface area contributed by atoms with Crippen molar-refractivity contribution in [1.29, 1.82) is 0 Å². The summed E-state index contributed by atoms with van der Waals surface area (Å²) < 4.78 is 3.16. The zero-order valence-electron chi connectivity index (χ0n) is 11.5. The van der Waals surface area contributed by atoms with Crippen molar-refractivity contribution in [2.75, 3.05) is 18.5 Å². The minimum Gasteiger partial charge on any atom is -0.507 e. The van der Waals surface area contributed by atoms with Crippen LogP contribution in [-0.4, -0.2) is 23.4 Å². The molecule has 3 aromatic rings. The molecule has 0 saturated carbocycles. The van der Waals surface area contributed by atoms with Gasteiger partial charge in [0.05, 0.1) is 18.4 Å². The number of anilines is 1. The number of aryl methyl sites for hydroxylation is 2. The van der Waals surface area contributed by atoms with Crippen molar-refractivity contribution in [2.45, 2.75) is 6.92 Å². The molecule has 1 aromatic heterocycles. The summed E-state index contributed by atoms with van der Waals surface area (Å²) in [5.41, 5.74) is 2.01. The Kier molecular flexibility index (Phi) is 3.23. The van der Waals surface area contributed by atoms with E-state index in [1.165, 1.54) is 0 Å². The molecule has 0 unspecified atom stereocenters. The lowest BCUT2D eigenvalue weighted by Gasteiger charge is -2.05. The second kappa shape index (κ2) is 4.92. The monoisotopic (exact) mass is 289 g/mol. The summed E-state index contributed by atoms with van der Waals surface area (Å²) in [6.45, 7) is 2.55. The molecular weight excluding hydrogens is 272 g/mol. The summed E-state index contributed by atoms with van der Waals surface area (Å²) >= 11 is 1.60. The molecule has 3 N–H and O–H groups in total. The highest BCUT2D eigenvalue weighted by atomic mass is 32.1. The number of nitrogens with zero attached hydrogens (tertiary/aromatic N) is 1. The molecule has 0 saturated heterocycles. The summed E-state index contributed by atoms with van der Waals surface area (Å²) in [6.07, 6.45) is 0. The smallest absolute Gasteiger partial charge is 0.334 e. The zero-order chi connectivity index (χ0) is 14.3. The number of aromatic hydroxyl groups is 1. The van der Waals surface area contributed by atoms with Gasteiger partial charge in [-0.2, -0.15) is 0 Å². The van der Waals surface area contributed by atoms with Crippen LogP contribution >= 0.6 is 11.3 Å². The molecule has 2 aromatic carbocycles. The molecule has 0 radical (unpaired) electrons. The summed E-state index contributed by atoms with van der Waals surface area (Å²) in [6, 6.07) is 7.88. The molecular formula is C15H17N2O2S+. The van der Waals surface area contributed by atoms with Gasteiger partial charge in [0.25, 0.3) is 0 Å². The van der Waals surface area contributed by atoms with Crippen LogP contribution in [0.5, 0.6) is 5.75 Å². The number of fused-ring (bicyclic) bond motifs is 3. The molecule has 0 spiro atoms. The van der Waals surface area contributed by atoms with Gasteiger partial charge in [0.2, 0.25) is 0 Å². The standard InChI is InChI=1S/C15H16N2O2S/c1-9-13(19)11-6-4-3-5-10(11)12-14(9)20-15(17(12)2)16-7-8-18/h3-6,18-19H,7-8H2,1-2H3/p+1. The van der Waals surface area contributed by atoms with Gasteiger partial charge >= 0.3 is 5.13 Å². The second-order valence-electron chi connectivity index (χ2n) is 4.81. The minimum atomic E-state index is 0.0965. The third kappa shape index (κ3) is 1.82. The minimum absolute atomic E-state index is 0.0965. The van der Waals surface area contributed by atoms with Crippen LogP contribution in [-0.2, 0) is 7.05 Å². The van der Waals surface area contributed by atoms with Crippen LogP contribution in [0.4, 0.5) is 5.13 Å². The first-order valence-corrected chi connectivity index (χ1v) is 7.34. The molecule has 4 nitrogen and oxygen atoms in total. The topological polar surface area (TPSA) is 56.4 Å². The van der Waals surface area contributed by atoms with Crippen molar-refractivity contribution in [1.82, 2.24) is 0 Å². The Morgan fingerprint density at radius 2 is 1.95 bits per heavy atom. The first kappa shape index (κ1) is 13.1. The Morgan fingerprint density at radius 3 is 2.65 bits per heavy atom. The van der Waals surface area contributed by atoms with Gasteiger partial charge in [-0.15, -0.1) is 0 Å². The highest BCUT2D eigenvalue weighted by Gasteiger charge is 2.21. The Labute approximate surface area is 120 Å². The highest BCUT2D eigenvalue weighted by molar-refractivity contribution is 7.22. The van der Waals surface area contributed by atoms with Crippen LogP contribution in [0.3, 0.4) is 0 Å². The van der Waals surface area contributed by atoms with Gasteiger partial charge in [0.15, 0.2) is 5.52 Å². The average molecular weight is 289 g/mol. The highest BCUT2D eigenvalue weighted by Crippen LogP contribution is 2.39. The van der Waals surface area contributed by atoms with Crippen LogP contribution in [0.2, 0.25) is 0 Å². The molecule has 0 aliphatic heterocycles. The molecule has 5 heteroatoms. The maximum atomic E-state index is 10.4. The van der Waals surface area contributed by atoms with E-state index >= 15 is 0 Å². The van der Waals surface area contributed by atoms with Gasteiger partial charge in [-0.05, 0) is 24.3 Å². The van der Waals surface area contributed by atoms with E-state index in [-0.39, 0.29) is 6.61 Å². The van der Waals surface area contributed by atoms with E-state index in [4.69, 9.17) is 5.11 Å². The molecule has 1 heterocycles. The molecule has 20 heavy (non-hydrogen) atoms. The van der Waals surface area contributed by atoms with E-state index in [0.29, 0.717) is 12.3 Å². The Bertz CT molecular complexity index is 796. The van der Waals surface area contributed by atoms with E-state index in [0.717, 1.165) is 31.7 Å². The summed E-state index contributed by atoms with van der Waals surface area (Å²) in [7, 11) is 2.00. The third-order valence-electron chi connectivity index (χ3n) is 3.57. The van der Waals surface area contributed by atoms with Gasteiger partial charge in [-0.1, -0.05) is 18.2 Å². The molecule has 0 fully saturated rings. The van der Waals surface area contributed by atoms with Crippen LogP contribution in [0, 0.1) is 6.92 Å². The van der Waals surface area contributed by atoms with Crippen LogP contribution in [0.1, 0.15) is 5.56 Å². The van der Waals surface area contributed by atoms with E-state index < -0.39 is 0 Å². The predicted octanol–water partition coefficient (Wildman–Crippen LogP) is 2.30. The lowest BCUT2D eigenvalue weighted by molar-refractivity contribution is -0.625. The Hall–Kier alpha value is -1.85. The molecule has 0 atom stereocenters. The van der Waals surface area contributed by atoms with Gasteiger partial charge < -0.3 is 10.2 Å². The van der Waals surface area contributed by atoms with Crippen molar-refractivity contribution in [3.63, 3.8) is 0 Å². The third-order valence-corrected chi connectivity index (χ3v) is 4.89. The fourth-order valence-electron chi connectivity index (χ4n) is 2.55. The van der Waals surface area contributed by atoms with Crippen molar-refractivity contribution >= 4 is 37.5 Å². The second-order valence-corrected chi connectivity index (χ2v) is 5.81. The number of hydrogen-bond donors (Lipinski definition) is 3. The zero-order valence-corrected chi connectivity index (χ0v) is 12.3. The number of benzene rings is 2. The first-order chi connectivity index (χ1) is 9.65. The van der Waals surface area contributed by atoms with Gasteiger partial charge in [-0.3, -0.25) is 5.32 Å². The fraction of sp³-hybridized carbons (Fsp3) is 0.267. The van der Waals surface area contributed by atoms with Crippen molar-refractivity contribution in [3.8, 4) is 5.75 Å². The maximum Gasteiger partial charge on any atom is 0.334 e. The molecule has 104 valence electrons. The quantitative estimate of drug-likeness (QED) is 0.649. The lowest BCUT2D eigenvalue weighted by Crippen LogP contribution is -2.30. The number of rotatable bonds is 3. The van der Waals surface area contributed by atoms with Crippen LogP contribution < -0.4 is 9.88 Å². The lowest BCUT2D eigenvalue weighted by atomic mass is 10.0. The van der Waals surface area contributed by atoms with Gasteiger partial charge in [-0.25, -0.2) is 4.57 Å². The number of hydrogen-bond acceptors (Lipinski definition) is 4. The molecule has 3 rings (SSSR count). The molecule has 0 bridgehead atoms. The number of aromatic nitrogens is 1. The number of aliphatic hydroxyl groups is 1. The number of nitrogens with one attached hydrogen (secondary N) is 1. The van der Waals surface area contributed by atoms with E-state index in [2.05, 4.69) is 9.88 Å². The Morgan fingerprint density at radius 1 is 1.25 bits per heavy atom. The van der Waals surface area contributed by atoms with Crippen molar-refractivity contribution in [2.24, 2.45) is 7.05 Å². The number of phenols is 1. The molecule has 0 aliphatic rings. The summed E-state index contributed by atoms with van der Waals surface area (Å²) in [5, 5.41) is 25.4. The molecule has 0 amide bonds. The predicted molar refractivity (Wildman–Crippen MR) is 82.5 cm³/mol.